The van der Waals surface area contributed by atoms with Gasteiger partial charge in [-0.2, -0.15) is 13.2 Å². The molecule has 0 amide bonds. The number of alkyl halides is 3. The molecule has 0 aliphatic carbocycles. The molecule has 0 aliphatic heterocycles. The van der Waals surface area contributed by atoms with Crippen LogP contribution in [-0.4, -0.2) is 28.0 Å². The molecule has 1 N–H and O–H groups in total. The lowest BCUT2D eigenvalue weighted by Crippen LogP contribution is -2.37. The second kappa shape index (κ2) is 4.57. The second-order valence-electron chi connectivity index (χ2n) is 3.92. The Labute approximate surface area is 91.5 Å². The Morgan fingerprint density at radius 1 is 1.40 bits per heavy atom. The Morgan fingerprint density at radius 3 is 2.07 bits per heavy atom. The summed E-state index contributed by atoms with van der Waals surface area (Å²) in [5.41, 5.74) is -0.976. The molecular weight excluding hydrogens is 229 g/mol. The highest BCUT2D eigenvalue weighted by molar-refractivity contribution is 7.80. The van der Waals surface area contributed by atoms with E-state index in [9.17, 15) is 23.1 Å². The van der Waals surface area contributed by atoms with Crippen molar-refractivity contribution in [3.63, 3.8) is 0 Å². The SMILES string of the molecule is CC(O)C(C)(C)C(=S)CC(=O)C(F)(F)F. The molecule has 1 unspecified atom stereocenters. The largest absolute Gasteiger partial charge is 0.450 e. The summed E-state index contributed by atoms with van der Waals surface area (Å²) in [6.07, 6.45) is -6.61. The van der Waals surface area contributed by atoms with Gasteiger partial charge in [0.05, 0.1) is 6.10 Å². The van der Waals surface area contributed by atoms with Gasteiger partial charge in [0.1, 0.15) is 0 Å². The van der Waals surface area contributed by atoms with Crippen molar-refractivity contribution in [3.8, 4) is 0 Å². The van der Waals surface area contributed by atoms with Crippen molar-refractivity contribution in [3.05, 3.63) is 0 Å². The van der Waals surface area contributed by atoms with Crippen molar-refractivity contribution in [2.24, 2.45) is 5.41 Å². The molecule has 0 rings (SSSR count). The second-order valence-corrected chi connectivity index (χ2v) is 4.41. The number of carbonyl (C=O) groups excluding carboxylic acids is 1. The molecule has 6 heteroatoms. The van der Waals surface area contributed by atoms with Gasteiger partial charge in [-0.25, -0.2) is 0 Å². The van der Waals surface area contributed by atoms with Crippen molar-refractivity contribution in [1.29, 1.82) is 0 Å². The Hall–Kier alpha value is -0.490. The molecule has 2 nitrogen and oxygen atoms in total. The first kappa shape index (κ1) is 14.5. The maximum absolute atomic E-state index is 11.9. The van der Waals surface area contributed by atoms with E-state index in [0.717, 1.165) is 0 Å². The summed E-state index contributed by atoms with van der Waals surface area (Å²) < 4.78 is 35.8. The number of halogens is 3. The molecule has 0 aromatic rings. The Kier molecular flexibility index (Phi) is 4.42. The van der Waals surface area contributed by atoms with Gasteiger partial charge in [-0.15, -0.1) is 0 Å². The number of hydrogen-bond donors (Lipinski definition) is 1. The van der Waals surface area contributed by atoms with Crippen molar-refractivity contribution < 1.29 is 23.1 Å². The number of ketones is 1. The van der Waals surface area contributed by atoms with E-state index in [1.165, 1.54) is 20.8 Å². The van der Waals surface area contributed by atoms with E-state index >= 15 is 0 Å². The lowest BCUT2D eigenvalue weighted by Gasteiger charge is -2.28. The summed E-state index contributed by atoms with van der Waals surface area (Å²) in [5.74, 6) is -1.87. The first-order valence-corrected chi connectivity index (χ1v) is 4.71. The van der Waals surface area contributed by atoms with Crippen LogP contribution in [0.5, 0.6) is 0 Å². The smallest absolute Gasteiger partial charge is 0.392 e. The lowest BCUT2D eigenvalue weighted by atomic mass is 9.82. The van der Waals surface area contributed by atoms with Crippen LogP contribution in [-0.2, 0) is 4.79 Å². The average Bonchev–Trinajstić information content (AvgIpc) is 2.01. The minimum Gasteiger partial charge on any atom is -0.392 e. The van der Waals surface area contributed by atoms with Crippen LogP contribution in [0, 0.1) is 5.41 Å². The van der Waals surface area contributed by atoms with Gasteiger partial charge >= 0.3 is 6.18 Å². The van der Waals surface area contributed by atoms with E-state index in [2.05, 4.69) is 0 Å². The zero-order valence-corrected chi connectivity index (χ0v) is 9.50. The number of hydrogen-bond acceptors (Lipinski definition) is 3. The highest BCUT2D eigenvalue weighted by Crippen LogP contribution is 2.27. The highest BCUT2D eigenvalue weighted by Gasteiger charge is 2.41. The third kappa shape index (κ3) is 3.87. The standard InChI is InChI=1S/C9H13F3O2S/c1-5(13)8(2,3)7(15)4-6(14)9(10,11)12/h5,13H,4H2,1-3H3. The molecule has 88 valence electrons. The molecule has 0 aromatic carbocycles. The van der Waals surface area contributed by atoms with Crippen molar-refractivity contribution in [2.45, 2.75) is 39.5 Å². The van der Waals surface area contributed by atoms with Crippen LogP contribution in [0.1, 0.15) is 27.2 Å². The van der Waals surface area contributed by atoms with Crippen molar-refractivity contribution in [2.75, 3.05) is 0 Å². The van der Waals surface area contributed by atoms with Gasteiger partial charge in [0.25, 0.3) is 0 Å². The number of thiocarbonyl (C=S) groups is 1. The first-order valence-electron chi connectivity index (χ1n) is 4.31. The highest BCUT2D eigenvalue weighted by atomic mass is 32.1. The molecule has 0 aliphatic rings. The fourth-order valence-electron chi connectivity index (χ4n) is 0.707. The van der Waals surface area contributed by atoms with Crippen LogP contribution in [0.25, 0.3) is 0 Å². The van der Waals surface area contributed by atoms with Gasteiger partial charge in [-0.3, -0.25) is 4.79 Å². The van der Waals surface area contributed by atoms with Gasteiger partial charge < -0.3 is 5.11 Å². The Bertz CT molecular complexity index is 269. The van der Waals surface area contributed by atoms with Gasteiger partial charge in [0.2, 0.25) is 5.78 Å². The average molecular weight is 242 g/mol. The molecule has 0 bridgehead atoms. The van der Waals surface area contributed by atoms with Crippen LogP contribution >= 0.6 is 12.2 Å². The van der Waals surface area contributed by atoms with Gasteiger partial charge in [-0.05, 0) is 6.92 Å². The molecule has 0 heterocycles. The van der Waals surface area contributed by atoms with E-state index in [0.29, 0.717) is 0 Å². The fourth-order valence-corrected chi connectivity index (χ4v) is 1.01. The third-order valence-corrected chi connectivity index (χ3v) is 3.07. The number of Topliss-reactive ketones (excluding diaryl/α,β-unsaturated/α-hetero) is 1. The Balaban J connectivity index is 4.59. The van der Waals surface area contributed by atoms with Gasteiger partial charge in [0, 0.05) is 16.7 Å². The molecule has 0 saturated carbocycles. The van der Waals surface area contributed by atoms with E-state index in [-0.39, 0.29) is 4.86 Å². The van der Waals surface area contributed by atoms with Gasteiger partial charge in [0.15, 0.2) is 0 Å². The predicted molar refractivity (Wildman–Crippen MR) is 53.7 cm³/mol. The van der Waals surface area contributed by atoms with E-state index < -0.39 is 29.9 Å². The predicted octanol–water partition coefficient (Wildman–Crippen LogP) is 2.28. The van der Waals surface area contributed by atoms with E-state index in [4.69, 9.17) is 12.2 Å². The summed E-state index contributed by atoms with van der Waals surface area (Å²) in [7, 11) is 0. The van der Waals surface area contributed by atoms with Crippen LogP contribution in [0.3, 0.4) is 0 Å². The first-order chi connectivity index (χ1) is 6.49. The quantitative estimate of drug-likeness (QED) is 0.768. The minimum atomic E-state index is -4.86. The summed E-state index contributed by atoms with van der Waals surface area (Å²) >= 11 is 4.73. The summed E-state index contributed by atoms with van der Waals surface area (Å²) in [4.78, 5) is 10.6. The molecule has 1 atom stereocenters. The molecular formula is C9H13F3O2S. The van der Waals surface area contributed by atoms with E-state index in [1.54, 1.807) is 0 Å². The third-order valence-electron chi connectivity index (χ3n) is 2.40. The molecule has 15 heavy (non-hydrogen) atoms. The van der Waals surface area contributed by atoms with Crippen LogP contribution in [0.4, 0.5) is 13.2 Å². The molecule has 0 fully saturated rings. The summed E-state index contributed by atoms with van der Waals surface area (Å²) in [6, 6.07) is 0. The maximum atomic E-state index is 11.9. The minimum absolute atomic E-state index is 0.0835. The van der Waals surface area contributed by atoms with Crippen LogP contribution in [0.15, 0.2) is 0 Å². The topological polar surface area (TPSA) is 37.3 Å². The van der Waals surface area contributed by atoms with Crippen molar-refractivity contribution in [1.82, 2.24) is 0 Å². The van der Waals surface area contributed by atoms with E-state index in [1.807, 2.05) is 0 Å². The number of carbonyl (C=O) groups is 1. The zero-order chi connectivity index (χ0) is 12.4. The Morgan fingerprint density at radius 2 is 1.80 bits per heavy atom. The van der Waals surface area contributed by atoms with Crippen LogP contribution in [0.2, 0.25) is 0 Å². The molecule has 0 spiro atoms. The lowest BCUT2D eigenvalue weighted by molar-refractivity contribution is -0.169. The fraction of sp³-hybridized carbons (Fsp3) is 0.778. The molecule has 0 aromatic heterocycles. The van der Waals surface area contributed by atoms with Gasteiger partial charge in [-0.1, -0.05) is 26.1 Å². The number of aliphatic hydroxyl groups is 1. The summed E-state index contributed by atoms with van der Waals surface area (Å²) in [6.45, 7) is 4.43. The summed E-state index contributed by atoms with van der Waals surface area (Å²) in [5, 5.41) is 9.29. The molecule has 0 radical (unpaired) electrons. The normalized spacial score (nSPS) is 14.9. The zero-order valence-electron chi connectivity index (χ0n) is 8.68. The number of rotatable bonds is 4. The maximum Gasteiger partial charge on any atom is 0.450 e. The van der Waals surface area contributed by atoms with Crippen molar-refractivity contribution >= 4 is 22.9 Å². The molecule has 0 saturated heterocycles. The monoisotopic (exact) mass is 242 g/mol. The van der Waals surface area contributed by atoms with Crippen LogP contribution < -0.4 is 0 Å². The number of aliphatic hydroxyl groups excluding tert-OH is 1.